The Morgan fingerprint density at radius 1 is 1.33 bits per heavy atom. The largest absolute Gasteiger partial charge is 0.383 e. The first-order valence-corrected chi connectivity index (χ1v) is 7.87. The molecule has 1 aromatic rings. The molecular weight excluding hydrogens is 242 g/mol. The SMILES string of the molecule is Nc1ncccc1CC(N)CSC1CCCCC1. The van der Waals surface area contributed by atoms with E-state index in [1.807, 2.05) is 23.9 Å². The van der Waals surface area contributed by atoms with Crippen LogP contribution in [-0.2, 0) is 6.42 Å². The summed E-state index contributed by atoms with van der Waals surface area (Å²) < 4.78 is 0. The zero-order chi connectivity index (χ0) is 12.8. The number of nitrogens with two attached hydrogens (primary N) is 2. The molecule has 2 rings (SSSR count). The van der Waals surface area contributed by atoms with Gasteiger partial charge >= 0.3 is 0 Å². The number of anilines is 1. The van der Waals surface area contributed by atoms with Crippen molar-refractivity contribution in [3.63, 3.8) is 0 Å². The molecule has 1 aromatic heterocycles. The van der Waals surface area contributed by atoms with Crippen molar-refractivity contribution >= 4 is 17.6 Å². The van der Waals surface area contributed by atoms with Crippen molar-refractivity contribution in [1.29, 1.82) is 0 Å². The van der Waals surface area contributed by atoms with Gasteiger partial charge < -0.3 is 11.5 Å². The average Bonchev–Trinajstić information content (AvgIpc) is 2.40. The van der Waals surface area contributed by atoms with Gasteiger partial charge in [-0.05, 0) is 30.9 Å². The van der Waals surface area contributed by atoms with E-state index in [-0.39, 0.29) is 6.04 Å². The number of hydrogen-bond acceptors (Lipinski definition) is 4. The third-order valence-electron chi connectivity index (χ3n) is 3.51. The molecule has 4 N–H and O–H groups in total. The van der Waals surface area contributed by atoms with Gasteiger partial charge in [0, 0.05) is 23.2 Å². The number of nitrogen functional groups attached to an aromatic ring is 1. The number of thioether (sulfide) groups is 1. The molecule has 1 aliphatic rings. The third kappa shape index (κ3) is 4.18. The zero-order valence-electron chi connectivity index (χ0n) is 10.8. The molecule has 1 aliphatic carbocycles. The minimum Gasteiger partial charge on any atom is -0.383 e. The van der Waals surface area contributed by atoms with E-state index in [0.29, 0.717) is 5.82 Å². The number of nitrogens with zero attached hydrogens (tertiary/aromatic N) is 1. The van der Waals surface area contributed by atoms with Gasteiger partial charge in [-0.2, -0.15) is 11.8 Å². The van der Waals surface area contributed by atoms with Crippen LogP contribution in [0, 0.1) is 0 Å². The lowest BCUT2D eigenvalue weighted by Gasteiger charge is -2.22. The first kappa shape index (κ1) is 13.7. The summed E-state index contributed by atoms with van der Waals surface area (Å²) in [6.45, 7) is 0. The molecule has 0 aliphatic heterocycles. The predicted molar refractivity (Wildman–Crippen MR) is 79.7 cm³/mol. The molecule has 0 radical (unpaired) electrons. The summed E-state index contributed by atoms with van der Waals surface area (Å²) in [5.41, 5.74) is 13.1. The lowest BCUT2D eigenvalue weighted by atomic mass is 10.0. The second kappa shape index (κ2) is 7.00. The molecule has 0 spiro atoms. The van der Waals surface area contributed by atoms with Crippen molar-refractivity contribution in [3.8, 4) is 0 Å². The summed E-state index contributed by atoms with van der Waals surface area (Å²) in [5.74, 6) is 1.65. The maximum absolute atomic E-state index is 6.19. The van der Waals surface area contributed by atoms with Gasteiger partial charge in [-0.3, -0.25) is 0 Å². The highest BCUT2D eigenvalue weighted by Gasteiger charge is 2.15. The molecule has 1 atom stereocenters. The summed E-state index contributed by atoms with van der Waals surface area (Å²) in [6.07, 6.45) is 9.49. The average molecular weight is 265 g/mol. The van der Waals surface area contributed by atoms with Gasteiger partial charge in [0.2, 0.25) is 0 Å². The highest BCUT2D eigenvalue weighted by molar-refractivity contribution is 7.99. The molecule has 1 saturated carbocycles. The van der Waals surface area contributed by atoms with E-state index in [2.05, 4.69) is 4.98 Å². The number of aromatic nitrogens is 1. The third-order valence-corrected chi connectivity index (χ3v) is 5.07. The van der Waals surface area contributed by atoms with Crippen LogP contribution in [0.1, 0.15) is 37.7 Å². The van der Waals surface area contributed by atoms with Crippen molar-refractivity contribution in [2.75, 3.05) is 11.5 Å². The summed E-state index contributed by atoms with van der Waals surface area (Å²) >= 11 is 2.04. The Morgan fingerprint density at radius 3 is 2.83 bits per heavy atom. The Hall–Kier alpha value is -0.740. The number of rotatable bonds is 5. The molecule has 3 nitrogen and oxygen atoms in total. The lowest BCUT2D eigenvalue weighted by Crippen LogP contribution is -2.27. The van der Waals surface area contributed by atoms with Gasteiger partial charge in [0.15, 0.2) is 0 Å². The van der Waals surface area contributed by atoms with E-state index in [9.17, 15) is 0 Å². The molecule has 18 heavy (non-hydrogen) atoms. The van der Waals surface area contributed by atoms with E-state index >= 15 is 0 Å². The Balaban J connectivity index is 1.74. The van der Waals surface area contributed by atoms with Gasteiger partial charge in [0.05, 0.1) is 0 Å². The van der Waals surface area contributed by atoms with E-state index in [1.165, 1.54) is 32.1 Å². The van der Waals surface area contributed by atoms with Gasteiger partial charge in [-0.1, -0.05) is 25.3 Å². The fourth-order valence-electron chi connectivity index (χ4n) is 2.46. The smallest absolute Gasteiger partial charge is 0.126 e. The van der Waals surface area contributed by atoms with Crippen LogP contribution in [0.5, 0.6) is 0 Å². The Morgan fingerprint density at radius 2 is 2.11 bits per heavy atom. The van der Waals surface area contributed by atoms with Gasteiger partial charge in [0.25, 0.3) is 0 Å². The maximum Gasteiger partial charge on any atom is 0.126 e. The van der Waals surface area contributed by atoms with Crippen LogP contribution in [0.3, 0.4) is 0 Å². The topological polar surface area (TPSA) is 64.9 Å². The van der Waals surface area contributed by atoms with E-state index in [0.717, 1.165) is 23.0 Å². The van der Waals surface area contributed by atoms with Crippen molar-refractivity contribution in [2.45, 2.75) is 49.8 Å². The Kier molecular flexibility index (Phi) is 5.32. The standard InChI is InChI=1S/C14H23N3S/c15-12(9-11-5-4-8-17-14(11)16)10-18-13-6-2-1-3-7-13/h4-5,8,12-13H,1-3,6-7,9-10,15H2,(H2,16,17). The van der Waals surface area contributed by atoms with Crippen LogP contribution in [0.15, 0.2) is 18.3 Å². The highest BCUT2D eigenvalue weighted by Crippen LogP contribution is 2.28. The molecule has 4 heteroatoms. The van der Waals surface area contributed by atoms with Crippen molar-refractivity contribution < 1.29 is 0 Å². The highest BCUT2D eigenvalue weighted by atomic mass is 32.2. The Bertz CT molecular complexity index is 364. The second-order valence-electron chi connectivity index (χ2n) is 5.11. The monoisotopic (exact) mass is 265 g/mol. The normalized spacial score (nSPS) is 18.7. The summed E-state index contributed by atoms with van der Waals surface area (Å²) in [7, 11) is 0. The van der Waals surface area contributed by atoms with Gasteiger partial charge in [-0.15, -0.1) is 0 Å². The van der Waals surface area contributed by atoms with Crippen LogP contribution in [0.2, 0.25) is 0 Å². The van der Waals surface area contributed by atoms with Gasteiger partial charge in [0.1, 0.15) is 5.82 Å². The number of hydrogen-bond donors (Lipinski definition) is 2. The molecule has 0 bridgehead atoms. The first-order chi connectivity index (χ1) is 8.75. The molecule has 1 unspecified atom stereocenters. The predicted octanol–water partition coefficient (Wildman–Crippen LogP) is 2.60. The quantitative estimate of drug-likeness (QED) is 0.859. The summed E-state index contributed by atoms with van der Waals surface area (Å²) in [5, 5.41) is 0.830. The minimum absolute atomic E-state index is 0.184. The second-order valence-corrected chi connectivity index (χ2v) is 6.44. The van der Waals surface area contributed by atoms with E-state index in [4.69, 9.17) is 11.5 Å². The van der Waals surface area contributed by atoms with Crippen molar-refractivity contribution in [1.82, 2.24) is 4.98 Å². The fraction of sp³-hybridized carbons (Fsp3) is 0.643. The van der Waals surface area contributed by atoms with E-state index in [1.54, 1.807) is 6.20 Å². The molecular formula is C14H23N3S. The lowest BCUT2D eigenvalue weighted by molar-refractivity contribution is 0.515. The van der Waals surface area contributed by atoms with E-state index < -0.39 is 0 Å². The van der Waals surface area contributed by atoms with Crippen LogP contribution in [-0.4, -0.2) is 22.0 Å². The van der Waals surface area contributed by atoms with Crippen LogP contribution >= 0.6 is 11.8 Å². The molecule has 1 heterocycles. The maximum atomic E-state index is 6.19. The fourth-order valence-corrected chi connectivity index (χ4v) is 3.76. The Labute approximate surface area is 114 Å². The molecule has 100 valence electrons. The molecule has 0 saturated heterocycles. The van der Waals surface area contributed by atoms with Gasteiger partial charge in [-0.25, -0.2) is 4.98 Å². The van der Waals surface area contributed by atoms with Crippen LogP contribution in [0.4, 0.5) is 5.82 Å². The molecule has 0 amide bonds. The summed E-state index contributed by atoms with van der Waals surface area (Å²) in [4.78, 5) is 4.10. The first-order valence-electron chi connectivity index (χ1n) is 6.82. The minimum atomic E-state index is 0.184. The van der Waals surface area contributed by atoms with Crippen molar-refractivity contribution in [2.24, 2.45) is 5.73 Å². The number of pyridine rings is 1. The zero-order valence-corrected chi connectivity index (χ0v) is 11.7. The van der Waals surface area contributed by atoms with Crippen LogP contribution in [0.25, 0.3) is 0 Å². The molecule has 1 fully saturated rings. The molecule has 0 aromatic carbocycles. The summed E-state index contributed by atoms with van der Waals surface area (Å²) in [6, 6.07) is 4.13. The van der Waals surface area contributed by atoms with Crippen LogP contribution < -0.4 is 11.5 Å². The van der Waals surface area contributed by atoms with Crippen molar-refractivity contribution in [3.05, 3.63) is 23.9 Å².